The fourth-order valence-electron chi connectivity index (χ4n) is 3.51. The summed E-state index contributed by atoms with van der Waals surface area (Å²) in [6.07, 6.45) is -2.10. The highest BCUT2D eigenvalue weighted by molar-refractivity contribution is 9.10. The van der Waals surface area contributed by atoms with Crippen LogP contribution < -0.4 is 10.1 Å². The Kier molecular flexibility index (Phi) is 5.80. The molecule has 3 aromatic rings. The fourth-order valence-corrected chi connectivity index (χ4v) is 3.85. The smallest absolute Gasteiger partial charge is 0.461 e. The quantitative estimate of drug-likeness (QED) is 0.502. The molecule has 0 radical (unpaired) electrons. The summed E-state index contributed by atoms with van der Waals surface area (Å²) >= 11 is 3.14. The van der Waals surface area contributed by atoms with E-state index in [1.54, 1.807) is 30.9 Å². The summed E-state index contributed by atoms with van der Waals surface area (Å²) in [5, 5.41) is 7.08. The molecule has 0 spiro atoms. The van der Waals surface area contributed by atoms with Gasteiger partial charge in [-0.2, -0.15) is 5.10 Å². The van der Waals surface area contributed by atoms with Crippen molar-refractivity contribution < 1.29 is 27.4 Å². The molecule has 0 fully saturated rings. The molecule has 1 aliphatic rings. The monoisotopic (exact) mass is 511 g/mol. The average molecular weight is 512 g/mol. The van der Waals surface area contributed by atoms with Crippen LogP contribution in [0.3, 0.4) is 0 Å². The van der Waals surface area contributed by atoms with E-state index >= 15 is 0 Å². The maximum Gasteiger partial charge on any atom is 0.573 e. The van der Waals surface area contributed by atoms with Crippen LogP contribution in [0, 0.1) is 0 Å². The Labute approximate surface area is 188 Å². The van der Waals surface area contributed by atoms with E-state index in [-0.39, 0.29) is 23.9 Å². The number of ether oxygens (including phenoxy) is 2. The molecule has 2 aromatic heterocycles. The highest BCUT2D eigenvalue weighted by Crippen LogP contribution is 2.37. The number of aromatic nitrogens is 4. The number of esters is 1. The van der Waals surface area contributed by atoms with Crippen LogP contribution in [0.2, 0.25) is 0 Å². The van der Waals surface area contributed by atoms with Crippen molar-refractivity contribution in [1.29, 1.82) is 0 Å². The van der Waals surface area contributed by atoms with Crippen LogP contribution in [0.1, 0.15) is 28.5 Å². The van der Waals surface area contributed by atoms with Gasteiger partial charge in [-0.3, -0.25) is 4.68 Å². The molecule has 0 aliphatic heterocycles. The highest BCUT2D eigenvalue weighted by Gasteiger charge is 2.33. The van der Waals surface area contributed by atoms with Gasteiger partial charge in [-0.25, -0.2) is 14.8 Å². The number of hydrogen-bond acceptors (Lipinski definition) is 7. The van der Waals surface area contributed by atoms with Gasteiger partial charge in [-0.1, -0.05) is 15.9 Å². The molecule has 0 atom stereocenters. The molecule has 0 unspecified atom stereocenters. The summed E-state index contributed by atoms with van der Waals surface area (Å²) < 4.78 is 49.6. The molecule has 168 valence electrons. The van der Waals surface area contributed by atoms with Crippen molar-refractivity contribution in [2.24, 2.45) is 7.05 Å². The van der Waals surface area contributed by atoms with Gasteiger partial charge in [0.25, 0.3) is 0 Å². The van der Waals surface area contributed by atoms with E-state index in [2.05, 4.69) is 41.1 Å². The van der Waals surface area contributed by atoms with E-state index in [4.69, 9.17) is 4.74 Å². The lowest BCUT2D eigenvalue weighted by Crippen LogP contribution is -2.18. The lowest BCUT2D eigenvalue weighted by molar-refractivity contribution is -0.274. The molecule has 1 N–H and O–H groups in total. The van der Waals surface area contributed by atoms with Crippen molar-refractivity contribution in [3.05, 3.63) is 45.7 Å². The van der Waals surface area contributed by atoms with Crippen LogP contribution in [0.4, 0.5) is 24.8 Å². The molecule has 12 heteroatoms. The van der Waals surface area contributed by atoms with Gasteiger partial charge in [-0.05, 0) is 43.5 Å². The number of rotatable bonds is 5. The maximum absolute atomic E-state index is 12.8. The van der Waals surface area contributed by atoms with Gasteiger partial charge in [0.2, 0.25) is 5.95 Å². The third-order valence-corrected chi connectivity index (χ3v) is 5.26. The minimum atomic E-state index is -4.86. The van der Waals surface area contributed by atoms with Crippen LogP contribution in [0.5, 0.6) is 5.75 Å². The summed E-state index contributed by atoms with van der Waals surface area (Å²) in [6, 6.07) is 4.18. The predicted molar refractivity (Wildman–Crippen MR) is 112 cm³/mol. The number of carbonyl (C=O) groups is 1. The first-order valence-corrected chi connectivity index (χ1v) is 10.4. The Hall–Kier alpha value is -3.15. The highest BCUT2D eigenvalue weighted by atomic mass is 79.9. The average Bonchev–Trinajstić information content (AvgIpc) is 3.06. The summed E-state index contributed by atoms with van der Waals surface area (Å²) in [6.45, 7) is 1.94. The Morgan fingerprint density at radius 2 is 2.09 bits per heavy atom. The topological polar surface area (TPSA) is 91.2 Å². The molecule has 0 bridgehead atoms. The number of carbonyl (C=O) groups excluding carboxylic acids is 1. The fraction of sp³-hybridized carbons (Fsp3) is 0.300. The van der Waals surface area contributed by atoms with Crippen molar-refractivity contribution in [1.82, 2.24) is 19.7 Å². The number of nitrogens with zero attached hydrogens (tertiary/aromatic N) is 4. The van der Waals surface area contributed by atoms with Crippen molar-refractivity contribution in [3.63, 3.8) is 0 Å². The molecule has 8 nitrogen and oxygen atoms in total. The van der Waals surface area contributed by atoms with Gasteiger partial charge in [0.05, 0.1) is 23.7 Å². The van der Waals surface area contributed by atoms with E-state index in [0.717, 1.165) is 5.56 Å². The normalized spacial score (nSPS) is 12.7. The first kappa shape index (κ1) is 22.1. The van der Waals surface area contributed by atoms with Gasteiger partial charge in [0.15, 0.2) is 11.4 Å². The van der Waals surface area contributed by atoms with Crippen LogP contribution in [-0.2, 0) is 24.6 Å². The van der Waals surface area contributed by atoms with Crippen LogP contribution in [0.25, 0.3) is 11.4 Å². The molecule has 2 heterocycles. The predicted octanol–water partition coefficient (Wildman–Crippen LogP) is 4.56. The first-order valence-electron chi connectivity index (χ1n) is 9.58. The number of anilines is 2. The number of halogens is 4. The summed E-state index contributed by atoms with van der Waals surface area (Å²) in [4.78, 5) is 21.0. The van der Waals surface area contributed by atoms with Crippen LogP contribution in [0.15, 0.2) is 28.9 Å². The Balaban J connectivity index is 1.71. The summed E-state index contributed by atoms with van der Waals surface area (Å²) in [5.41, 5.74) is 3.01. The Bertz CT molecular complexity index is 1200. The van der Waals surface area contributed by atoms with Crippen molar-refractivity contribution in [2.75, 3.05) is 11.9 Å². The lowest BCUT2D eigenvalue weighted by atomic mass is 9.93. The minimum absolute atomic E-state index is 0.0405. The zero-order valence-electron chi connectivity index (χ0n) is 17.0. The molecular weight excluding hydrogens is 495 g/mol. The third kappa shape index (κ3) is 4.40. The van der Waals surface area contributed by atoms with E-state index in [1.807, 2.05) is 0 Å². The molecule has 1 aliphatic carbocycles. The number of aryl methyl sites for hydroxylation is 2. The first-order chi connectivity index (χ1) is 15.2. The molecule has 0 saturated carbocycles. The van der Waals surface area contributed by atoms with Crippen LogP contribution in [-0.4, -0.2) is 38.7 Å². The summed E-state index contributed by atoms with van der Waals surface area (Å²) in [5.74, 6) is -0.868. The van der Waals surface area contributed by atoms with Crippen molar-refractivity contribution in [2.45, 2.75) is 26.1 Å². The standard InChI is InChI=1S/C20H17BrF3N5O3/c1-3-31-18(30)16-12-6-4-10-9-25-19(27-15(10)17(12)29(2)28-16)26-13-7-5-11(21)8-14(13)32-20(22,23)24/h5,7-9H,3-4,6H2,1-2H3,(H,25,26,27). The third-order valence-electron chi connectivity index (χ3n) is 4.76. The zero-order valence-corrected chi connectivity index (χ0v) is 18.5. The van der Waals surface area contributed by atoms with E-state index in [0.29, 0.717) is 34.3 Å². The Morgan fingerprint density at radius 1 is 1.31 bits per heavy atom. The molecule has 4 rings (SSSR count). The number of hydrogen-bond donors (Lipinski definition) is 1. The minimum Gasteiger partial charge on any atom is -0.461 e. The number of fused-ring (bicyclic) bond motifs is 3. The van der Waals surface area contributed by atoms with Crippen molar-refractivity contribution in [3.8, 4) is 17.1 Å². The molecule has 32 heavy (non-hydrogen) atoms. The van der Waals surface area contributed by atoms with Gasteiger partial charge < -0.3 is 14.8 Å². The van der Waals surface area contributed by atoms with E-state index in [9.17, 15) is 18.0 Å². The van der Waals surface area contributed by atoms with E-state index in [1.165, 1.54) is 12.1 Å². The van der Waals surface area contributed by atoms with Gasteiger partial charge in [-0.15, -0.1) is 13.2 Å². The molecule has 1 aromatic carbocycles. The Morgan fingerprint density at radius 3 is 2.81 bits per heavy atom. The van der Waals surface area contributed by atoms with Crippen molar-refractivity contribution >= 4 is 33.5 Å². The molecule has 0 saturated heterocycles. The zero-order chi connectivity index (χ0) is 23.0. The molecular formula is C20H17BrF3N5O3. The van der Waals surface area contributed by atoms with E-state index < -0.39 is 18.1 Å². The lowest BCUT2D eigenvalue weighted by Gasteiger charge is -2.18. The SMILES string of the molecule is CCOC(=O)c1nn(C)c2c1CCc1cnc(Nc3ccc(Br)cc3OC(F)(F)F)nc1-2. The maximum atomic E-state index is 12.8. The summed E-state index contributed by atoms with van der Waals surface area (Å²) in [7, 11) is 1.69. The molecule has 0 amide bonds. The van der Waals surface area contributed by atoms with Gasteiger partial charge in [0.1, 0.15) is 0 Å². The second-order valence-corrected chi connectivity index (χ2v) is 7.82. The second-order valence-electron chi connectivity index (χ2n) is 6.90. The number of alkyl halides is 3. The van der Waals surface area contributed by atoms with Crippen LogP contribution >= 0.6 is 15.9 Å². The van der Waals surface area contributed by atoms with Gasteiger partial charge in [0, 0.05) is 23.3 Å². The number of benzene rings is 1. The van der Waals surface area contributed by atoms with Gasteiger partial charge >= 0.3 is 12.3 Å². The largest absolute Gasteiger partial charge is 0.573 e. The second kappa shape index (κ2) is 8.41. The number of nitrogens with one attached hydrogen (secondary N) is 1.